The SMILES string of the molecule is Cc1cc(N2CCN(CCn3nc4c(cc3=O)CCCC4)CC2)n2ncnc2n1. The highest BCUT2D eigenvalue weighted by Crippen LogP contribution is 2.18. The zero-order chi connectivity index (χ0) is 19.8. The lowest BCUT2D eigenvalue weighted by Crippen LogP contribution is -2.48. The summed E-state index contributed by atoms with van der Waals surface area (Å²) in [6.45, 7) is 7.17. The van der Waals surface area contributed by atoms with Crippen LogP contribution < -0.4 is 10.5 Å². The Labute approximate surface area is 169 Å². The highest BCUT2D eigenvalue weighted by molar-refractivity contribution is 5.47. The summed E-state index contributed by atoms with van der Waals surface area (Å²) in [5, 5.41) is 8.96. The van der Waals surface area contributed by atoms with Gasteiger partial charge in [-0.25, -0.2) is 9.67 Å². The Bertz CT molecular complexity index is 1080. The van der Waals surface area contributed by atoms with Crippen molar-refractivity contribution in [3.63, 3.8) is 0 Å². The van der Waals surface area contributed by atoms with Crippen molar-refractivity contribution in [1.29, 1.82) is 0 Å². The molecule has 0 spiro atoms. The van der Waals surface area contributed by atoms with Crippen LogP contribution in [-0.4, -0.2) is 67.0 Å². The van der Waals surface area contributed by atoms with Gasteiger partial charge >= 0.3 is 0 Å². The van der Waals surface area contributed by atoms with Gasteiger partial charge in [-0.2, -0.15) is 19.7 Å². The molecule has 0 N–H and O–H groups in total. The molecule has 3 aromatic heterocycles. The Morgan fingerprint density at radius 1 is 1.03 bits per heavy atom. The Morgan fingerprint density at radius 3 is 2.72 bits per heavy atom. The van der Waals surface area contributed by atoms with Crippen LogP contribution in [0.4, 0.5) is 5.82 Å². The Hall–Kier alpha value is -2.81. The van der Waals surface area contributed by atoms with E-state index in [4.69, 9.17) is 0 Å². The van der Waals surface area contributed by atoms with Crippen LogP contribution in [0.3, 0.4) is 0 Å². The van der Waals surface area contributed by atoms with Gasteiger partial charge < -0.3 is 4.90 Å². The van der Waals surface area contributed by atoms with E-state index in [2.05, 4.69) is 36.0 Å². The van der Waals surface area contributed by atoms with Crippen molar-refractivity contribution in [2.45, 2.75) is 39.2 Å². The zero-order valence-corrected chi connectivity index (χ0v) is 16.8. The first-order valence-electron chi connectivity index (χ1n) is 10.4. The molecule has 152 valence electrons. The van der Waals surface area contributed by atoms with Crippen molar-refractivity contribution in [3.05, 3.63) is 45.8 Å². The highest BCUT2D eigenvalue weighted by atomic mass is 16.1. The van der Waals surface area contributed by atoms with E-state index in [0.29, 0.717) is 12.3 Å². The van der Waals surface area contributed by atoms with E-state index in [0.717, 1.165) is 68.3 Å². The van der Waals surface area contributed by atoms with E-state index >= 15 is 0 Å². The van der Waals surface area contributed by atoms with Gasteiger partial charge in [-0.15, -0.1) is 0 Å². The van der Waals surface area contributed by atoms with E-state index in [1.165, 1.54) is 12.8 Å². The first-order chi connectivity index (χ1) is 14.2. The summed E-state index contributed by atoms with van der Waals surface area (Å²) in [5.74, 6) is 1.68. The maximum Gasteiger partial charge on any atom is 0.267 e. The van der Waals surface area contributed by atoms with E-state index in [-0.39, 0.29) is 5.56 Å². The standard InChI is InChI=1S/C20H26N8O/c1-15-12-18(28-20(23-15)21-14-22-28)26-9-6-25(7-10-26)8-11-27-19(29)13-16-4-2-3-5-17(16)24-27/h12-14H,2-11H2,1H3. The molecule has 9 nitrogen and oxygen atoms in total. The second-order valence-electron chi connectivity index (χ2n) is 7.94. The molecule has 4 heterocycles. The van der Waals surface area contributed by atoms with E-state index in [1.54, 1.807) is 21.6 Å². The molecular weight excluding hydrogens is 368 g/mol. The monoisotopic (exact) mass is 394 g/mol. The molecule has 1 aliphatic carbocycles. The minimum atomic E-state index is 0.0325. The molecule has 0 radical (unpaired) electrons. The largest absolute Gasteiger partial charge is 0.354 e. The minimum Gasteiger partial charge on any atom is -0.354 e. The van der Waals surface area contributed by atoms with Crippen LogP contribution in [0.15, 0.2) is 23.3 Å². The third-order valence-electron chi connectivity index (χ3n) is 5.96. The van der Waals surface area contributed by atoms with Crippen molar-refractivity contribution in [2.75, 3.05) is 37.6 Å². The van der Waals surface area contributed by atoms with Crippen LogP contribution in [0, 0.1) is 6.92 Å². The van der Waals surface area contributed by atoms with Crippen LogP contribution >= 0.6 is 0 Å². The fourth-order valence-electron chi connectivity index (χ4n) is 4.33. The van der Waals surface area contributed by atoms with Gasteiger partial charge in [0.25, 0.3) is 11.3 Å². The van der Waals surface area contributed by atoms with E-state index in [9.17, 15) is 4.79 Å². The normalized spacial score (nSPS) is 17.6. The maximum atomic E-state index is 12.4. The number of aryl methyl sites for hydroxylation is 3. The second-order valence-corrected chi connectivity index (χ2v) is 7.94. The molecule has 2 aliphatic rings. The van der Waals surface area contributed by atoms with Gasteiger partial charge in [0.05, 0.1) is 12.2 Å². The molecule has 29 heavy (non-hydrogen) atoms. The van der Waals surface area contributed by atoms with Crippen molar-refractivity contribution in [2.24, 2.45) is 0 Å². The smallest absolute Gasteiger partial charge is 0.267 e. The Balaban J connectivity index is 1.23. The summed E-state index contributed by atoms with van der Waals surface area (Å²) in [6, 6.07) is 3.86. The zero-order valence-electron chi connectivity index (χ0n) is 16.8. The number of nitrogens with zero attached hydrogens (tertiary/aromatic N) is 8. The second kappa shape index (κ2) is 7.55. The predicted molar refractivity (Wildman–Crippen MR) is 109 cm³/mol. The third kappa shape index (κ3) is 3.62. The van der Waals surface area contributed by atoms with Gasteiger partial charge in [-0.3, -0.25) is 9.69 Å². The molecule has 0 aromatic carbocycles. The molecule has 1 aliphatic heterocycles. The van der Waals surface area contributed by atoms with Crippen molar-refractivity contribution in [3.8, 4) is 0 Å². The lowest BCUT2D eigenvalue weighted by Gasteiger charge is -2.35. The average Bonchev–Trinajstić information content (AvgIpc) is 3.20. The number of hydrogen-bond donors (Lipinski definition) is 0. The number of fused-ring (bicyclic) bond motifs is 2. The lowest BCUT2D eigenvalue weighted by molar-refractivity contribution is 0.241. The Kier molecular flexibility index (Phi) is 4.75. The highest BCUT2D eigenvalue weighted by Gasteiger charge is 2.21. The van der Waals surface area contributed by atoms with Crippen LogP contribution in [0.25, 0.3) is 5.78 Å². The number of rotatable bonds is 4. The van der Waals surface area contributed by atoms with Crippen molar-refractivity contribution < 1.29 is 0 Å². The molecule has 1 fully saturated rings. The molecule has 3 aromatic rings. The molecule has 9 heteroatoms. The molecule has 0 amide bonds. The molecule has 5 rings (SSSR count). The fourth-order valence-corrected chi connectivity index (χ4v) is 4.33. The van der Waals surface area contributed by atoms with E-state index in [1.807, 2.05) is 6.92 Å². The quantitative estimate of drug-likeness (QED) is 0.644. The van der Waals surface area contributed by atoms with Gasteiger partial charge in [-0.05, 0) is 38.2 Å². The maximum absolute atomic E-state index is 12.4. The van der Waals surface area contributed by atoms with Gasteiger partial charge in [0.1, 0.15) is 12.1 Å². The van der Waals surface area contributed by atoms with Crippen molar-refractivity contribution >= 4 is 11.6 Å². The first-order valence-corrected chi connectivity index (χ1v) is 10.4. The van der Waals surface area contributed by atoms with Crippen LogP contribution in [0.5, 0.6) is 0 Å². The van der Waals surface area contributed by atoms with Gasteiger partial charge in [0.15, 0.2) is 0 Å². The van der Waals surface area contributed by atoms with Gasteiger partial charge in [0.2, 0.25) is 0 Å². The van der Waals surface area contributed by atoms with Crippen LogP contribution in [0.2, 0.25) is 0 Å². The number of piperazine rings is 1. The van der Waals surface area contributed by atoms with Crippen molar-refractivity contribution in [1.82, 2.24) is 34.3 Å². The summed E-state index contributed by atoms with van der Waals surface area (Å²) >= 11 is 0. The molecular formula is C20H26N8O. The lowest BCUT2D eigenvalue weighted by atomic mass is 9.97. The van der Waals surface area contributed by atoms with Crippen LogP contribution in [-0.2, 0) is 19.4 Å². The molecule has 0 bridgehead atoms. The third-order valence-corrected chi connectivity index (χ3v) is 5.96. The van der Waals surface area contributed by atoms with Crippen LogP contribution in [0.1, 0.15) is 29.8 Å². The number of aromatic nitrogens is 6. The average molecular weight is 394 g/mol. The van der Waals surface area contributed by atoms with Gasteiger partial charge in [0, 0.05) is 50.6 Å². The molecule has 0 unspecified atom stereocenters. The summed E-state index contributed by atoms with van der Waals surface area (Å²) in [7, 11) is 0. The fraction of sp³-hybridized carbons (Fsp3) is 0.550. The summed E-state index contributed by atoms with van der Waals surface area (Å²) in [6.07, 6.45) is 5.88. The molecule has 1 saturated heterocycles. The molecule has 0 saturated carbocycles. The Morgan fingerprint density at radius 2 is 1.86 bits per heavy atom. The number of hydrogen-bond acceptors (Lipinski definition) is 7. The van der Waals surface area contributed by atoms with E-state index < -0.39 is 0 Å². The summed E-state index contributed by atoms with van der Waals surface area (Å²) < 4.78 is 3.46. The summed E-state index contributed by atoms with van der Waals surface area (Å²) in [5.41, 5.74) is 3.25. The minimum absolute atomic E-state index is 0.0325. The predicted octanol–water partition coefficient (Wildman–Crippen LogP) is 0.690. The molecule has 0 atom stereocenters. The summed E-state index contributed by atoms with van der Waals surface area (Å²) in [4.78, 5) is 25.7. The first kappa shape index (κ1) is 18.2. The topological polar surface area (TPSA) is 84.5 Å². The van der Waals surface area contributed by atoms with Gasteiger partial charge in [-0.1, -0.05) is 0 Å². The number of anilines is 1.